The number of methoxy groups -OCH3 is 3. The topological polar surface area (TPSA) is 107 Å². The average Bonchev–Trinajstić information content (AvgIpc) is 2.97. The van der Waals surface area contributed by atoms with E-state index < -0.39 is 24.2 Å². The maximum atomic E-state index is 14.1. The summed E-state index contributed by atoms with van der Waals surface area (Å²) in [6.45, 7) is 17.8. The fourth-order valence-electron chi connectivity index (χ4n) is 5.38. The molecule has 10 nitrogen and oxygen atoms in total. The van der Waals surface area contributed by atoms with E-state index in [1.165, 1.54) is 6.92 Å². The van der Waals surface area contributed by atoms with E-state index >= 15 is 0 Å². The van der Waals surface area contributed by atoms with Gasteiger partial charge in [0.1, 0.15) is 24.1 Å². The van der Waals surface area contributed by atoms with E-state index in [2.05, 4.69) is 11.9 Å². The summed E-state index contributed by atoms with van der Waals surface area (Å²) < 4.78 is 22.1. The minimum atomic E-state index is -0.600. The van der Waals surface area contributed by atoms with Crippen LogP contribution in [0.15, 0.2) is 30.5 Å². The predicted octanol–water partition coefficient (Wildman–Crippen LogP) is 4.66. The monoisotopic (exact) mass is 605 g/mol. The number of likely N-dealkylation sites (N-methyl/N-ethyl adjacent to an activating group) is 2. The molecular weight excluding hydrogens is 550 g/mol. The molecule has 5 atom stereocenters. The van der Waals surface area contributed by atoms with E-state index in [1.54, 1.807) is 63.4 Å². The van der Waals surface area contributed by atoms with Crippen molar-refractivity contribution >= 4 is 17.8 Å². The van der Waals surface area contributed by atoms with Gasteiger partial charge in [-0.2, -0.15) is 0 Å². The Morgan fingerprint density at radius 1 is 0.953 bits per heavy atom. The van der Waals surface area contributed by atoms with Gasteiger partial charge in [0.2, 0.25) is 11.8 Å². The second kappa shape index (κ2) is 17.8. The third-order valence-corrected chi connectivity index (χ3v) is 8.13. The van der Waals surface area contributed by atoms with Crippen LogP contribution in [0.3, 0.4) is 0 Å². The molecule has 0 aliphatic carbocycles. The van der Waals surface area contributed by atoms with Crippen LogP contribution in [0.5, 0.6) is 11.5 Å². The first kappa shape index (κ1) is 37.8. The Kier molecular flexibility index (Phi) is 15.6. The zero-order valence-corrected chi connectivity index (χ0v) is 28.4. The SMILES string of the molecule is C=C(N[C@H](C(=O)N(C)[C@@H]([C@@H](C)CC)[C@@H](CC(=O)OCc1ccc(OC)cc1OC)OC)C(C)C)[C@H](C(C)C)N(C)C(C)=O. The summed E-state index contributed by atoms with van der Waals surface area (Å²) in [5.41, 5.74) is 1.31. The zero-order chi connectivity index (χ0) is 33.0. The molecule has 43 heavy (non-hydrogen) atoms. The second-order valence-electron chi connectivity index (χ2n) is 11.9. The first-order chi connectivity index (χ1) is 20.1. The minimum Gasteiger partial charge on any atom is -0.497 e. The number of hydrogen-bond acceptors (Lipinski definition) is 8. The van der Waals surface area contributed by atoms with Crippen molar-refractivity contribution in [1.29, 1.82) is 0 Å². The van der Waals surface area contributed by atoms with Crippen LogP contribution < -0.4 is 14.8 Å². The molecule has 244 valence electrons. The second-order valence-corrected chi connectivity index (χ2v) is 11.9. The largest absolute Gasteiger partial charge is 0.497 e. The molecule has 0 fully saturated rings. The van der Waals surface area contributed by atoms with Gasteiger partial charge in [0.05, 0.1) is 38.8 Å². The summed E-state index contributed by atoms with van der Waals surface area (Å²) >= 11 is 0. The third kappa shape index (κ3) is 10.4. The standard InChI is InChI=1S/C33H55N3O7/c1-14-22(6)32(28(42-13)18-29(38)43-19-25-15-16-26(40-11)17-27(25)41-12)36(10)33(39)30(20(2)3)34-23(7)31(21(4)5)35(9)24(8)37/h15-17,20-22,28,30-32,34H,7,14,18-19H2,1-6,8-13H3/t22-,28+,30-,31-,32-/m0/s1. The van der Waals surface area contributed by atoms with Gasteiger partial charge >= 0.3 is 5.97 Å². The molecule has 1 rings (SSSR count). The normalized spacial score (nSPS) is 14.7. The fourth-order valence-corrected chi connectivity index (χ4v) is 5.38. The van der Waals surface area contributed by atoms with Gasteiger partial charge < -0.3 is 34.1 Å². The van der Waals surface area contributed by atoms with E-state index in [0.717, 1.165) is 6.42 Å². The fraction of sp³-hybridized carbons (Fsp3) is 0.667. The van der Waals surface area contributed by atoms with Gasteiger partial charge in [-0.1, -0.05) is 54.5 Å². The van der Waals surface area contributed by atoms with Crippen molar-refractivity contribution in [1.82, 2.24) is 15.1 Å². The molecule has 0 saturated heterocycles. The Labute approximate surface area is 259 Å². The molecule has 0 unspecified atom stereocenters. The van der Waals surface area contributed by atoms with E-state index in [1.807, 2.05) is 41.5 Å². The van der Waals surface area contributed by atoms with Crippen molar-refractivity contribution in [2.24, 2.45) is 17.8 Å². The van der Waals surface area contributed by atoms with Gasteiger partial charge in [-0.3, -0.25) is 14.4 Å². The van der Waals surface area contributed by atoms with E-state index in [-0.39, 0.29) is 48.6 Å². The molecule has 0 aliphatic heterocycles. The highest BCUT2D eigenvalue weighted by atomic mass is 16.5. The molecule has 1 N–H and O–H groups in total. The number of nitrogens with zero attached hydrogens (tertiary/aromatic N) is 2. The first-order valence-corrected chi connectivity index (χ1v) is 15.0. The zero-order valence-electron chi connectivity index (χ0n) is 28.4. The van der Waals surface area contributed by atoms with Crippen LogP contribution in [0.1, 0.15) is 66.9 Å². The third-order valence-electron chi connectivity index (χ3n) is 8.13. The Hall–Kier alpha value is -3.27. The maximum Gasteiger partial charge on any atom is 0.308 e. The number of esters is 1. The van der Waals surface area contributed by atoms with Crippen LogP contribution in [0.2, 0.25) is 0 Å². The van der Waals surface area contributed by atoms with E-state index in [4.69, 9.17) is 18.9 Å². The van der Waals surface area contributed by atoms with Crippen molar-refractivity contribution in [3.8, 4) is 11.5 Å². The van der Waals surface area contributed by atoms with Crippen LogP contribution in [0.4, 0.5) is 0 Å². The lowest BCUT2D eigenvalue weighted by Crippen LogP contribution is -2.57. The molecule has 10 heteroatoms. The molecule has 1 aromatic rings. The number of ether oxygens (including phenoxy) is 4. The van der Waals surface area contributed by atoms with Gasteiger partial charge in [-0.15, -0.1) is 0 Å². The smallest absolute Gasteiger partial charge is 0.308 e. The number of hydrogen-bond donors (Lipinski definition) is 1. The number of carbonyl (C=O) groups excluding carboxylic acids is 3. The highest BCUT2D eigenvalue weighted by Crippen LogP contribution is 2.27. The van der Waals surface area contributed by atoms with Gasteiger partial charge in [0.15, 0.2) is 0 Å². The van der Waals surface area contributed by atoms with Crippen LogP contribution >= 0.6 is 0 Å². The van der Waals surface area contributed by atoms with Crippen molar-refractivity contribution in [3.63, 3.8) is 0 Å². The van der Waals surface area contributed by atoms with Crippen LogP contribution in [0.25, 0.3) is 0 Å². The quantitative estimate of drug-likeness (QED) is 0.241. The van der Waals surface area contributed by atoms with Crippen molar-refractivity contribution in [2.45, 2.75) is 92.1 Å². The molecule has 0 radical (unpaired) electrons. The lowest BCUT2D eigenvalue weighted by atomic mass is 9.89. The van der Waals surface area contributed by atoms with Crippen molar-refractivity contribution in [2.75, 3.05) is 35.4 Å². The molecule has 1 aromatic carbocycles. The van der Waals surface area contributed by atoms with Gasteiger partial charge in [-0.25, -0.2) is 0 Å². The molecule has 2 amide bonds. The molecule has 0 aliphatic rings. The summed E-state index contributed by atoms with van der Waals surface area (Å²) in [4.78, 5) is 42.6. The lowest BCUT2D eigenvalue weighted by molar-refractivity contribution is -0.152. The van der Waals surface area contributed by atoms with E-state index in [0.29, 0.717) is 22.8 Å². The summed E-state index contributed by atoms with van der Waals surface area (Å²) in [7, 11) is 8.15. The molecular formula is C33H55N3O7. The number of amides is 2. The Morgan fingerprint density at radius 2 is 1.58 bits per heavy atom. The Balaban J connectivity index is 3.16. The minimum absolute atomic E-state index is 0.0247. The summed E-state index contributed by atoms with van der Waals surface area (Å²) in [5, 5.41) is 3.35. The van der Waals surface area contributed by atoms with Gasteiger partial charge in [0, 0.05) is 45.5 Å². The van der Waals surface area contributed by atoms with Crippen molar-refractivity contribution < 1.29 is 33.3 Å². The first-order valence-electron chi connectivity index (χ1n) is 15.0. The predicted molar refractivity (Wildman–Crippen MR) is 169 cm³/mol. The number of benzene rings is 1. The molecule has 0 heterocycles. The summed E-state index contributed by atoms with van der Waals surface area (Å²) in [5.74, 6) is 0.556. The maximum absolute atomic E-state index is 14.1. The summed E-state index contributed by atoms with van der Waals surface area (Å²) in [6.07, 6.45) is 0.135. The molecule has 0 spiro atoms. The number of carbonyl (C=O) groups is 3. The Morgan fingerprint density at radius 3 is 2.05 bits per heavy atom. The molecule has 0 saturated carbocycles. The average molecular weight is 606 g/mol. The molecule has 0 bridgehead atoms. The van der Waals surface area contributed by atoms with E-state index in [9.17, 15) is 14.4 Å². The highest BCUT2D eigenvalue weighted by Gasteiger charge is 2.38. The summed E-state index contributed by atoms with van der Waals surface area (Å²) in [6, 6.07) is 4.01. The van der Waals surface area contributed by atoms with Crippen LogP contribution in [-0.4, -0.2) is 87.2 Å². The van der Waals surface area contributed by atoms with Gasteiger partial charge in [0.25, 0.3) is 0 Å². The van der Waals surface area contributed by atoms with Crippen LogP contribution in [0, 0.1) is 17.8 Å². The highest BCUT2D eigenvalue weighted by molar-refractivity contribution is 5.83. The van der Waals surface area contributed by atoms with Crippen molar-refractivity contribution in [3.05, 3.63) is 36.0 Å². The number of nitrogens with one attached hydrogen (secondary N) is 1. The lowest BCUT2D eigenvalue weighted by Gasteiger charge is -2.41. The Bertz CT molecular complexity index is 1070. The molecule has 0 aromatic heterocycles. The van der Waals surface area contributed by atoms with Gasteiger partial charge in [-0.05, 0) is 29.9 Å². The number of rotatable bonds is 18. The van der Waals surface area contributed by atoms with Crippen LogP contribution in [-0.2, 0) is 30.5 Å².